The highest BCUT2D eigenvalue weighted by molar-refractivity contribution is 9.10. The van der Waals surface area contributed by atoms with Crippen LogP contribution in [0.4, 0.5) is 5.13 Å². The number of aromatic hydroxyl groups is 1. The molecule has 2 rings (SSSR count). The topological polar surface area (TPSA) is 57.5 Å². The van der Waals surface area contributed by atoms with Gasteiger partial charge in [-0.15, -0.1) is 11.3 Å². The fourth-order valence-electron chi connectivity index (χ4n) is 1.24. The molecule has 0 unspecified atom stereocenters. The number of halogens is 2. The predicted molar refractivity (Wildman–Crippen MR) is 78.9 cm³/mol. The Hall–Kier alpha value is -1.11. The molecule has 1 heterocycles. The zero-order valence-electron chi connectivity index (χ0n) is 9.32. The van der Waals surface area contributed by atoms with E-state index in [1.165, 1.54) is 17.6 Å². The van der Waals surface area contributed by atoms with Gasteiger partial charge >= 0.3 is 0 Å². The van der Waals surface area contributed by atoms with Crippen LogP contribution in [0.5, 0.6) is 5.75 Å². The Morgan fingerprint density at radius 1 is 1.56 bits per heavy atom. The molecule has 0 aliphatic carbocycles. The number of aryl methyl sites for hydroxylation is 1. The lowest BCUT2D eigenvalue weighted by Gasteiger charge is -2.03. The molecule has 0 bridgehead atoms. The maximum atomic E-state index is 9.82. The number of hydrogen-bond acceptors (Lipinski definition) is 5. The first-order chi connectivity index (χ1) is 8.58. The third-order valence-electron chi connectivity index (χ3n) is 2.09. The number of nitrogens with zero attached hydrogens (tertiary/aromatic N) is 2. The quantitative estimate of drug-likeness (QED) is 0.652. The zero-order valence-corrected chi connectivity index (χ0v) is 12.5. The van der Waals surface area contributed by atoms with Gasteiger partial charge in [0.2, 0.25) is 5.13 Å². The summed E-state index contributed by atoms with van der Waals surface area (Å²) < 4.78 is 0.568. The summed E-state index contributed by atoms with van der Waals surface area (Å²) in [4.78, 5) is 4.19. The molecule has 18 heavy (non-hydrogen) atoms. The van der Waals surface area contributed by atoms with E-state index < -0.39 is 0 Å². The average molecular weight is 347 g/mol. The van der Waals surface area contributed by atoms with Gasteiger partial charge in [0, 0.05) is 5.38 Å². The Kier molecular flexibility index (Phi) is 4.21. The highest BCUT2D eigenvalue weighted by atomic mass is 79.9. The van der Waals surface area contributed by atoms with E-state index in [9.17, 15) is 5.11 Å². The SMILES string of the molecule is Cc1csc(NN=Cc2c(Cl)ccc(Br)c2O)n1. The number of hydrogen-bond donors (Lipinski definition) is 2. The minimum Gasteiger partial charge on any atom is -0.506 e. The molecular formula is C11H9BrClN3OS. The Bertz CT molecular complexity index is 600. The summed E-state index contributed by atoms with van der Waals surface area (Å²) in [6.45, 7) is 1.91. The van der Waals surface area contributed by atoms with Crippen molar-refractivity contribution in [3.8, 4) is 5.75 Å². The lowest BCUT2D eigenvalue weighted by atomic mass is 10.2. The van der Waals surface area contributed by atoms with Gasteiger partial charge in [-0.2, -0.15) is 5.10 Å². The molecule has 0 aliphatic rings. The van der Waals surface area contributed by atoms with Crippen LogP contribution in [0.25, 0.3) is 0 Å². The normalized spacial score (nSPS) is 11.1. The molecule has 1 aromatic heterocycles. The fraction of sp³-hybridized carbons (Fsp3) is 0.0909. The van der Waals surface area contributed by atoms with Gasteiger partial charge in [-0.05, 0) is 35.0 Å². The summed E-state index contributed by atoms with van der Waals surface area (Å²) >= 11 is 10.6. The van der Waals surface area contributed by atoms with Gasteiger partial charge in [0.05, 0.1) is 27.0 Å². The van der Waals surface area contributed by atoms with Crippen molar-refractivity contribution in [2.75, 3.05) is 5.43 Å². The van der Waals surface area contributed by atoms with E-state index in [-0.39, 0.29) is 5.75 Å². The molecule has 1 aromatic carbocycles. The second kappa shape index (κ2) is 5.69. The standard InChI is InChI=1S/C11H9BrClN3OS/c1-6-5-18-11(15-6)16-14-4-7-9(13)3-2-8(12)10(7)17/h2-5,17H,1H3,(H,15,16). The van der Waals surface area contributed by atoms with E-state index in [4.69, 9.17) is 11.6 Å². The zero-order chi connectivity index (χ0) is 13.1. The first-order valence-corrected chi connectivity index (χ1v) is 7.01. The maximum Gasteiger partial charge on any atom is 0.203 e. The summed E-state index contributed by atoms with van der Waals surface area (Å²) in [5, 5.41) is 16.8. The molecule has 0 radical (unpaired) electrons. The van der Waals surface area contributed by atoms with Gasteiger partial charge in [0.15, 0.2) is 0 Å². The van der Waals surface area contributed by atoms with Crippen LogP contribution >= 0.6 is 38.9 Å². The van der Waals surface area contributed by atoms with Crippen LogP contribution in [0.3, 0.4) is 0 Å². The van der Waals surface area contributed by atoms with Gasteiger partial charge in [0.25, 0.3) is 0 Å². The highest BCUT2D eigenvalue weighted by Gasteiger charge is 2.07. The molecule has 0 amide bonds. The monoisotopic (exact) mass is 345 g/mol. The van der Waals surface area contributed by atoms with Crippen LogP contribution in [0, 0.1) is 6.92 Å². The largest absolute Gasteiger partial charge is 0.506 e. The van der Waals surface area contributed by atoms with Crippen molar-refractivity contribution in [1.82, 2.24) is 4.98 Å². The lowest BCUT2D eigenvalue weighted by Crippen LogP contribution is -1.92. The molecule has 0 aliphatic heterocycles. The van der Waals surface area contributed by atoms with Crippen LogP contribution in [-0.4, -0.2) is 16.3 Å². The smallest absolute Gasteiger partial charge is 0.203 e. The highest BCUT2D eigenvalue weighted by Crippen LogP contribution is 2.31. The van der Waals surface area contributed by atoms with E-state index in [2.05, 4.69) is 31.4 Å². The average Bonchev–Trinajstić information content (AvgIpc) is 2.74. The van der Waals surface area contributed by atoms with Crippen molar-refractivity contribution >= 4 is 50.2 Å². The van der Waals surface area contributed by atoms with Gasteiger partial charge in [-0.1, -0.05) is 11.6 Å². The number of thiazole rings is 1. The van der Waals surface area contributed by atoms with Gasteiger partial charge in [-0.3, -0.25) is 5.43 Å². The van der Waals surface area contributed by atoms with Crippen molar-refractivity contribution in [3.05, 3.63) is 38.3 Å². The number of benzene rings is 1. The van der Waals surface area contributed by atoms with E-state index in [1.54, 1.807) is 12.1 Å². The second-order valence-corrected chi connectivity index (χ2v) is 5.58. The van der Waals surface area contributed by atoms with Gasteiger partial charge in [-0.25, -0.2) is 4.98 Å². The van der Waals surface area contributed by atoms with Gasteiger partial charge < -0.3 is 5.11 Å². The van der Waals surface area contributed by atoms with E-state index >= 15 is 0 Å². The number of aromatic nitrogens is 1. The summed E-state index contributed by atoms with van der Waals surface area (Å²) in [5.41, 5.74) is 4.16. The number of hydrazone groups is 1. The molecule has 0 fully saturated rings. The van der Waals surface area contributed by atoms with Gasteiger partial charge in [0.1, 0.15) is 5.75 Å². The van der Waals surface area contributed by atoms with E-state index in [0.717, 1.165) is 5.69 Å². The number of rotatable bonds is 3. The number of phenolic OH excluding ortho intramolecular Hbond substituents is 1. The van der Waals surface area contributed by atoms with Crippen molar-refractivity contribution in [2.24, 2.45) is 5.10 Å². The summed E-state index contributed by atoms with van der Waals surface area (Å²) in [5.74, 6) is 0.0587. The summed E-state index contributed by atoms with van der Waals surface area (Å²) in [7, 11) is 0. The number of nitrogens with one attached hydrogen (secondary N) is 1. The van der Waals surface area contributed by atoms with Crippen molar-refractivity contribution < 1.29 is 5.11 Å². The fourth-order valence-corrected chi connectivity index (χ4v) is 2.42. The molecule has 2 N–H and O–H groups in total. The first kappa shape index (κ1) is 13.3. The third kappa shape index (κ3) is 3.01. The number of phenols is 1. The van der Waals surface area contributed by atoms with E-state index in [0.29, 0.717) is 20.2 Å². The Balaban J connectivity index is 2.16. The van der Waals surface area contributed by atoms with Crippen molar-refractivity contribution in [3.63, 3.8) is 0 Å². The molecule has 7 heteroatoms. The molecule has 4 nitrogen and oxygen atoms in total. The molecular weight excluding hydrogens is 338 g/mol. The summed E-state index contributed by atoms with van der Waals surface area (Å²) in [6, 6.07) is 3.35. The lowest BCUT2D eigenvalue weighted by molar-refractivity contribution is 0.471. The van der Waals surface area contributed by atoms with Crippen LogP contribution in [0.1, 0.15) is 11.3 Å². The van der Waals surface area contributed by atoms with E-state index in [1.807, 2.05) is 12.3 Å². The first-order valence-electron chi connectivity index (χ1n) is 4.96. The van der Waals surface area contributed by atoms with Crippen LogP contribution in [-0.2, 0) is 0 Å². The van der Waals surface area contributed by atoms with Crippen LogP contribution in [0.15, 0.2) is 27.1 Å². The summed E-state index contributed by atoms with van der Waals surface area (Å²) in [6.07, 6.45) is 1.46. The Morgan fingerprint density at radius 3 is 3.00 bits per heavy atom. The van der Waals surface area contributed by atoms with Crippen molar-refractivity contribution in [2.45, 2.75) is 6.92 Å². The number of anilines is 1. The molecule has 2 aromatic rings. The molecule has 0 spiro atoms. The minimum atomic E-state index is 0.0587. The minimum absolute atomic E-state index is 0.0587. The molecule has 0 saturated carbocycles. The Labute approximate surface area is 121 Å². The Morgan fingerprint density at radius 2 is 2.33 bits per heavy atom. The molecule has 94 valence electrons. The second-order valence-electron chi connectivity index (χ2n) is 3.46. The van der Waals surface area contributed by atoms with Crippen LogP contribution in [0.2, 0.25) is 5.02 Å². The molecule has 0 atom stereocenters. The molecule has 0 saturated heterocycles. The predicted octanol–water partition coefficient (Wildman–Crippen LogP) is 4.02. The maximum absolute atomic E-state index is 9.82. The van der Waals surface area contributed by atoms with Crippen LogP contribution < -0.4 is 5.43 Å². The third-order valence-corrected chi connectivity index (χ3v) is 3.92. The van der Waals surface area contributed by atoms with Crippen molar-refractivity contribution in [1.29, 1.82) is 0 Å².